The van der Waals surface area contributed by atoms with Crippen molar-refractivity contribution >= 4 is 34.8 Å². The second-order valence-corrected chi connectivity index (χ2v) is 5.16. The second-order valence-electron chi connectivity index (χ2n) is 4.35. The van der Waals surface area contributed by atoms with Gasteiger partial charge in [-0.3, -0.25) is 0 Å². The monoisotopic (exact) mass is 313 g/mol. The van der Waals surface area contributed by atoms with E-state index in [1.807, 2.05) is 0 Å². The van der Waals surface area contributed by atoms with Gasteiger partial charge in [-0.25, -0.2) is 4.98 Å². The Labute approximate surface area is 118 Å². The van der Waals surface area contributed by atoms with Crippen molar-refractivity contribution in [1.29, 1.82) is 0 Å². The molecule has 0 aliphatic heterocycles. The van der Waals surface area contributed by atoms with Crippen molar-refractivity contribution in [3.8, 4) is 0 Å². The van der Waals surface area contributed by atoms with Gasteiger partial charge in [0.05, 0.1) is 10.0 Å². The lowest BCUT2D eigenvalue weighted by Crippen LogP contribution is -2.36. The van der Waals surface area contributed by atoms with Gasteiger partial charge in [-0.2, -0.15) is 13.2 Å². The van der Waals surface area contributed by atoms with Gasteiger partial charge < -0.3 is 10.2 Å². The van der Waals surface area contributed by atoms with E-state index in [9.17, 15) is 13.2 Å². The minimum atomic E-state index is -4.30. The van der Waals surface area contributed by atoms with Crippen LogP contribution in [0.3, 0.4) is 0 Å². The van der Waals surface area contributed by atoms with Gasteiger partial charge in [0.25, 0.3) is 0 Å². The number of nitrogens with one attached hydrogen (secondary N) is 1. The molecule has 19 heavy (non-hydrogen) atoms. The SMILES string of the molecule is CNc1nc(N(CC(F)(F)F)C2CC2)c(Cl)cc1Cl. The van der Waals surface area contributed by atoms with Crippen LogP contribution in [-0.4, -0.2) is 30.8 Å². The molecular weight excluding hydrogens is 302 g/mol. The number of hydrogen-bond acceptors (Lipinski definition) is 3. The Kier molecular flexibility index (Phi) is 4.01. The van der Waals surface area contributed by atoms with E-state index in [2.05, 4.69) is 10.3 Å². The minimum Gasteiger partial charge on any atom is -0.372 e. The highest BCUT2D eigenvalue weighted by Gasteiger charge is 2.39. The molecule has 0 unspecified atom stereocenters. The Morgan fingerprint density at radius 1 is 1.37 bits per heavy atom. The summed E-state index contributed by atoms with van der Waals surface area (Å²) in [5, 5.41) is 3.13. The summed E-state index contributed by atoms with van der Waals surface area (Å²) in [5.41, 5.74) is 0. The molecule has 1 aromatic rings. The molecule has 1 fully saturated rings. The maximum atomic E-state index is 12.6. The van der Waals surface area contributed by atoms with E-state index in [0.29, 0.717) is 18.7 Å². The van der Waals surface area contributed by atoms with Crippen LogP contribution in [0.4, 0.5) is 24.8 Å². The largest absolute Gasteiger partial charge is 0.405 e. The number of hydrogen-bond donors (Lipinski definition) is 1. The minimum absolute atomic E-state index is 0.121. The molecule has 0 aromatic carbocycles. The Hall–Kier alpha value is -0.880. The lowest BCUT2D eigenvalue weighted by atomic mass is 10.3. The van der Waals surface area contributed by atoms with Crippen LogP contribution in [0.5, 0.6) is 0 Å². The molecule has 0 amide bonds. The van der Waals surface area contributed by atoms with Gasteiger partial charge in [0.1, 0.15) is 12.4 Å². The first-order valence-electron chi connectivity index (χ1n) is 5.69. The van der Waals surface area contributed by atoms with Crippen molar-refractivity contribution in [2.45, 2.75) is 25.1 Å². The van der Waals surface area contributed by atoms with Crippen LogP contribution >= 0.6 is 23.2 Å². The van der Waals surface area contributed by atoms with Crippen LogP contribution in [0.1, 0.15) is 12.8 Å². The summed E-state index contributed by atoms with van der Waals surface area (Å²) in [6.45, 7) is -1.06. The number of rotatable bonds is 4. The zero-order valence-electron chi connectivity index (χ0n) is 10.1. The van der Waals surface area contributed by atoms with Crippen LogP contribution in [0.15, 0.2) is 6.07 Å². The fraction of sp³-hybridized carbons (Fsp3) is 0.545. The van der Waals surface area contributed by atoms with Crippen molar-refractivity contribution < 1.29 is 13.2 Å². The van der Waals surface area contributed by atoms with E-state index < -0.39 is 12.7 Å². The first kappa shape index (κ1) is 14.5. The fourth-order valence-electron chi connectivity index (χ4n) is 1.79. The molecule has 0 saturated heterocycles. The molecule has 1 saturated carbocycles. The molecule has 0 radical (unpaired) electrons. The molecule has 0 bridgehead atoms. The molecule has 1 aromatic heterocycles. The third-order valence-corrected chi connectivity index (χ3v) is 3.32. The van der Waals surface area contributed by atoms with E-state index in [0.717, 1.165) is 0 Å². The molecular formula is C11H12Cl2F3N3. The quantitative estimate of drug-likeness (QED) is 0.912. The maximum Gasteiger partial charge on any atom is 0.405 e. The Balaban J connectivity index is 2.36. The highest BCUT2D eigenvalue weighted by atomic mass is 35.5. The van der Waals surface area contributed by atoms with E-state index in [1.54, 1.807) is 7.05 Å². The second kappa shape index (κ2) is 5.25. The lowest BCUT2D eigenvalue weighted by Gasteiger charge is -2.26. The lowest BCUT2D eigenvalue weighted by molar-refractivity contribution is -0.120. The zero-order chi connectivity index (χ0) is 14.2. The van der Waals surface area contributed by atoms with E-state index >= 15 is 0 Å². The molecule has 8 heteroatoms. The van der Waals surface area contributed by atoms with Gasteiger partial charge in [0.15, 0.2) is 5.82 Å². The molecule has 106 valence electrons. The van der Waals surface area contributed by atoms with Crippen LogP contribution in [-0.2, 0) is 0 Å². The number of aromatic nitrogens is 1. The highest BCUT2D eigenvalue weighted by molar-refractivity contribution is 6.37. The summed E-state index contributed by atoms with van der Waals surface area (Å²) in [4.78, 5) is 5.28. The number of halogens is 5. The molecule has 2 rings (SSSR count). The van der Waals surface area contributed by atoms with Gasteiger partial charge in [0.2, 0.25) is 0 Å². The summed E-state index contributed by atoms with van der Waals surface area (Å²) in [7, 11) is 1.59. The van der Waals surface area contributed by atoms with Gasteiger partial charge in [-0.1, -0.05) is 23.2 Å². The Morgan fingerprint density at radius 3 is 2.47 bits per heavy atom. The standard InChI is InChI=1S/C11H12Cl2F3N3/c1-17-9-7(12)4-8(13)10(18-9)19(6-2-3-6)5-11(14,15)16/h4,6H,2-3,5H2,1H3,(H,17,18). The molecule has 1 N–H and O–H groups in total. The third kappa shape index (κ3) is 3.57. The van der Waals surface area contributed by atoms with Gasteiger partial charge >= 0.3 is 6.18 Å². The van der Waals surface area contributed by atoms with Gasteiger partial charge in [0, 0.05) is 13.1 Å². The molecule has 1 heterocycles. The smallest absolute Gasteiger partial charge is 0.372 e. The van der Waals surface area contributed by atoms with Gasteiger partial charge in [-0.05, 0) is 18.9 Å². The van der Waals surface area contributed by atoms with Crippen LogP contribution in [0, 0.1) is 0 Å². The van der Waals surface area contributed by atoms with E-state index in [1.165, 1.54) is 11.0 Å². The number of alkyl halides is 3. The Morgan fingerprint density at radius 2 is 2.00 bits per heavy atom. The summed E-state index contributed by atoms with van der Waals surface area (Å²) in [6.07, 6.45) is -2.87. The predicted molar refractivity (Wildman–Crippen MR) is 70.2 cm³/mol. The molecule has 1 aliphatic carbocycles. The fourth-order valence-corrected chi connectivity index (χ4v) is 2.35. The van der Waals surface area contributed by atoms with Crippen molar-refractivity contribution in [1.82, 2.24) is 4.98 Å². The highest BCUT2D eigenvalue weighted by Crippen LogP contribution is 2.39. The van der Waals surface area contributed by atoms with Crippen molar-refractivity contribution in [3.05, 3.63) is 16.1 Å². The number of nitrogens with zero attached hydrogens (tertiary/aromatic N) is 2. The predicted octanol–water partition coefficient (Wildman–Crippen LogP) is 3.96. The molecule has 1 aliphatic rings. The average molecular weight is 314 g/mol. The van der Waals surface area contributed by atoms with Crippen LogP contribution in [0.2, 0.25) is 10.0 Å². The van der Waals surface area contributed by atoms with E-state index in [4.69, 9.17) is 23.2 Å². The van der Waals surface area contributed by atoms with Crippen LogP contribution < -0.4 is 10.2 Å². The average Bonchev–Trinajstić information content (AvgIpc) is 3.09. The normalized spacial score (nSPS) is 15.5. The van der Waals surface area contributed by atoms with Crippen molar-refractivity contribution in [2.75, 3.05) is 23.8 Å². The van der Waals surface area contributed by atoms with Gasteiger partial charge in [-0.15, -0.1) is 0 Å². The number of anilines is 2. The van der Waals surface area contributed by atoms with Crippen molar-refractivity contribution in [2.24, 2.45) is 0 Å². The summed E-state index contributed by atoms with van der Waals surface area (Å²) < 4.78 is 37.9. The Bertz CT molecular complexity index is 475. The summed E-state index contributed by atoms with van der Waals surface area (Å²) in [6, 6.07) is 1.25. The van der Waals surface area contributed by atoms with Crippen LogP contribution in [0.25, 0.3) is 0 Å². The first-order valence-corrected chi connectivity index (χ1v) is 6.44. The summed E-state index contributed by atoms with van der Waals surface area (Å²) >= 11 is 11.9. The third-order valence-electron chi connectivity index (χ3n) is 2.76. The topological polar surface area (TPSA) is 28.2 Å². The number of pyridine rings is 1. The van der Waals surface area contributed by atoms with Crippen molar-refractivity contribution in [3.63, 3.8) is 0 Å². The van der Waals surface area contributed by atoms with E-state index in [-0.39, 0.29) is 21.9 Å². The first-order chi connectivity index (χ1) is 8.81. The summed E-state index contributed by atoms with van der Waals surface area (Å²) in [5.74, 6) is 0.434. The molecule has 3 nitrogen and oxygen atoms in total. The maximum absolute atomic E-state index is 12.6. The molecule has 0 spiro atoms. The zero-order valence-corrected chi connectivity index (χ0v) is 11.6. The molecule has 0 atom stereocenters.